The molecule has 3 rings (SSSR count). The van der Waals surface area contributed by atoms with Crippen LogP contribution in [0.15, 0.2) is 52.5 Å². The third-order valence-corrected chi connectivity index (χ3v) is 7.42. The zero-order valence-corrected chi connectivity index (χ0v) is 18.1. The number of rotatable bonds is 5. The van der Waals surface area contributed by atoms with Crippen molar-refractivity contribution in [3.63, 3.8) is 0 Å². The molecule has 1 aliphatic heterocycles. The molecule has 0 unspecified atom stereocenters. The quantitative estimate of drug-likeness (QED) is 0.551. The highest BCUT2D eigenvalue weighted by atomic mass is 35.5. The largest absolute Gasteiger partial charge is 0.273 e. The monoisotopic (exact) mass is 453 g/mol. The lowest BCUT2D eigenvalue weighted by Crippen LogP contribution is -2.42. The van der Waals surface area contributed by atoms with Crippen molar-refractivity contribution < 1.29 is 13.2 Å². The van der Waals surface area contributed by atoms with Gasteiger partial charge in [0.15, 0.2) is 0 Å². The summed E-state index contributed by atoms with van der Waals surface area (Å²) in [6.45, 7) is 2.48. The Labute approximate surface area is 180 Å². The Morgan fingerprint density at radius 1 is 1.10 bits per heavy atom. The van der Waals surface area contributed by atoms with Crippen molar-refractivity contribution in [1.82, 2.24) is 9.73 Å². The van der Waals surface area contributed by atoms with Crippen molar-refractivity contribution in [2.45, 2.75) is 24.7 Å². The first-order chi connectivity index (χ1) is 13.8. The minimum absolute atomic E-state index is 0.253. The Morgan fingerprint density at radius 2 is 1.69 bits per heavy atom. The van der Waals surface area contributed by atoms with Crippen LogP contribution in [0.2, 0.25) is 10.0 Å². The van der Waals surface area contributed by atoms with Crippen LogP contribution in [-0.2, 0) is 14.8 Å². The van der Waals surface area contributed by atoms with Gasteiger partial charge in [0, 0.05) is 24.6 Å². The molecule has 0 aromatic heterocycles. The summed E-state index contributed by atoms with van der Waals surface area (Å²) in [4.78, 5) is 12.6. The Morgan fingerprint density at radius 3 is 2.28 bits per heavy atom. The van der Waals surface area contributed by atoms with Gasteiger partial charge in [0.05, 0.1) is 21.2 Å². The highest BCUT2D eigenvalue weighted by molar-refractivity contribution is 7.89. The van der Waals surface area contributed by atoms with E-state index in [4.69, 9.17) is 23.2 Å². The molecule has 0 atom stereocenters. The van der Waals surface area contributed by atoms with Gasteiger partial charge in [-0.1, -0.05) is 47.0 Å². The highest BCUT2D eigenvalue weighted by Gasteiger charge is 2.32. The van der Waals surface area contributed by atoms with Gasteiger partial charge < -0.3 is 0 Å². The SMILES string of the molecule is Cc1ccc(S(=O)(=O)N2CCC(C(=O)N/N=C/c3c(Cl)cccc3Cl)CC2)cc1. The number of nitrogens with one attached hydrogen (secondary N) is 1. The Kier molecular flexibility index (Phi) is 6.95. The lowest BCUT2D eigenvalue weighted by atomic mass is 9.98. The van der Waals surface area contributed by atoms with Crippen molar-refractivity contribution in [3.8, 4) is 0 Å². The third kappa shape index (κ3) is 5.17. The van der Waals surface area contributed by atoms with Crippen molar-refractivity contribution in [2.24, 2.45) is 11.0 Å². The Balaban J connectivity index is 1.57. The lowest BCUT2D eigenvalue weighted by Gasteiger charge is -2.30. The average Bonchev–Trinajstić information content (AvgIpc) is 2.70. The normalized spacial score (nSPS) is 16.2. The second-order valence-corrected chi connectivity index (χ2v) is 9.61. The van der Waals surface area contributed by atoms with Crippen molar-refractivity contribution in [3.05, 3.63) is 63.6 Å². The van der Waals surface area contributed by atoms with Gasteiger partial charge in [-0.2, -0.15) is 9.41 Å². The summed E-state index contributed by atoms with van der Waals surface area (Å²) in [6.07, 6.45) is 2.26. The second-order valence-electron chi connectivity index (χ2n) is 6.86. The van der Waals surface area contributed by atoms with Crippen LogP contribution in [0, 0.1) is 12.8 Å². The number of nitrogens with zero attached hydrogens (tertiary/aromatic N) is 2. The second kappa shape index (κ2) is 9.26. The zero-order chi connectivity index (χ0) is 21.0. The van der Waals surface area contributed by atoms with Crippen LogP contribution < -0.4 is 5.43 Å². The van der Waals surface area contributed by atoms with Crippen LogP contribution >= 0.6 is 23.2 Å². The smallest absolute Gasteiger partial charge is 0.243 e. The minimum atomic E-state index is -3.55. The molecule has 2 aromatic rings. The van der Waals surface area contributed by atoms with E-state index in [2.05, 4.69) is 10.5 Å². The fraction of sp³-hybridized carbons (Fsp3) is 0.300. The van der Waals surface area contributed by atoms with E-state index in [-0.39, 0.29) is 29.8 Å². The topological polar surface area (TPSA) is 78.8 Å². The summed E-state index contributed by atoms with van der Waals surface area (Å²) in [5, 5.41) is 4.81. The van der Waals surface area contributed by atoms with Gasteiger partial charge in [-0.3, -0.25) is 4.79 Å². The third-order valence-electron chi connectivity index (χ3n) is 4.85. The number of amides is 1. The number of halogens is 2. The van der Waals surface area contributed by atoms with Gasteiger partial charge in [0.2, 0.25) is 15.9 Å². The molecule has 154 valence electrons. The molecular weight excluding hydrogens is 433 g/mol. The molecule has 1 amide bonds. The number of carbonyl (C=O) groups is 1. The summed E-state index contributed by atoms with van der Waals surface area (Å²) in [7, 11) is -3.55. The van der Waals surface area contributed by atoms with Crippen LogP contribution in [0.4, 0.5) is 0 Å². The molecule has 0 bridgehead atoms. The van der Waals surface area contributed by atoms with E-state index >= 15 is 0 Å². The van der Waals surface area contributed by atoms with Crippen LogP contribution in [0.3, 0.4) is 0 Å². The summed E-state index contributed by atoms with van der Waals surface area (Å²) in [5.41, 5.74) is 4.01. The van der Waals surface area contributed by atoms with E-state index in [9.17, 15) is 13.2 Å². The maximum absolute atomic E-state index is 12.7. The van der Waals surface area contributed by atoms with Gasteiger partial charge in [-0.15, -0.1) is 0 Å². The molecule has 6 nitrogen and oxygen atoms in total. The van der Waals surface area contributed by atoms with Crippen LogP contribution in [0.1, 0.15) is 24.0 Å². The first kappa shape index (κ1) is 21.8. The molecule has 0 aliphatic carbocycles. The fourth-order valence-electron chi connectivity index (χ4n) is 3.10. The molecule has 29 heavy (non-hydrogen) atoms. The fourth-order valence-corrected chi connectivity index (χ4v) is 5.07. The van der Waals surface area contributed by atoms with Crippen molar-refractivity contribution >= 4 is 45.3 Å². The zero-order valence-electron chi connectivity index (χ0n) is 15.8. The lowest BCUT2D eigenvalue weighted by molar-refractivity contribution is -0.126. The van der Waals surface area contributed by atoms with E-state index in [0.29, 0.717) is 28.5 Å². The van der Waals surface area contributed by atoms with Crippen molar-refractivity contribution in [1.29, 1.82) is 0 Å². The maximum Gasteiger partial charge on any atom is 0.243 e. The van der Waals surface area contributed by atoms with E-state index in [1.807, 2.05) is 6.92 Å². The molecule has 0 radical (unpaired) electrons. The van der Waals surface area contributed by atoms with E-state index < -0.39 is 10.0 Å². The molecule has 1 saturated heterocycles. The van der Waals surface area contributed by atoms with Crippen molar-refractivity contribution in [2.75, 3.05) is 13.1 Å². The first-order valence-electron chi connectivity index (χ1n) is 9.13. The number of carbonyl (C=O) groups excluding carboxylic acids is 1. The number of piperidine rings is 1. The molecule has 0 saturated carbocycles. The van der Waals surface area contributed by atoms with E-state index in [0.717, 1.165) is 5.56 Å². The summed E-state index contributed by atoms with van der Waals surface area (Å²) >= 11 is 12.1. The minimum Gasteiger partial charge on any atom is -0.273 e. The van der Waals surface area contributed by atoms with Crippen LogP contribution in [-0.4, -0.2) is 37.9 Å². The predicted molar refractivity (Wildman–Crippen MR) is 115 cm³/mol. The molecule has 1 fully saturated rings. The van der Waals surface area contributed by atoms with Gasteiger partial charge in [0.25, 0.3) is 0 Å². The number of aryl methyl sites for hydroxylation is 1. The molecule has 1 aliphatic rings. The standard InChI is InChI=1S/C20H21Cl2N3O3S/c1-14-5-7-16(8-6-14)29(27,28)25-11-9-15(10-12-25)20(26)24-23-13-17-18(21)3-2-4-19(17)22/h2-8,13,15H,9-12H2,1H3,(H,24,26)/b23-13+. The molecule has 0 spiro atoms. The van der Waals surface area contributed by atoms with Crippen LogP contribution in [0.25, 0.3) is 0 Å². The molecule has 1 N–H and O–H groups in total. The Bertz CT molecular complexity index is 996. The summed E-state index contributed by atoms with van der Waals surface area (Å²) in [5.74, 6) is -0.560. The Hall–Kier alpha value is -1.93. The van der Waals surface area contributed by atoms with E-state index in [1.54, 1.807) is 42.5 Å². The number of benzene rings is 2. The number of sulfonamides is 1. The van der Waals surface area contributed by atoms with E-state index in [1.165, 1.54) is 10.5 Å². The van der Waals surface area contributed by atoms with Gasteiger partial charge >= 0.3 is 0 Å². The van der Waals surface area contributed by atoms with Gasteiger partial charge in [-0.05, 0) is 44.0 Å². The summed E-state index contributed by atoms with van der Waals surface area (Å²) < 4.78 is 26.9. The molecule has 9 heteroatoms. The molecule has 2 aromatic carbocycles. The molecular formula is C20H21Cl2N3O3S. The maximum atomic E-state index is 12.7. The average molecular weight is 454 g/mol. The highest BCUT2D eigenvalue weighted by Crippen LogP contribution is 2.25. The first-order valence-corrected chi connectivity index (χ1v) is 11.3. The predicted octanol–water partition coefficient (Wildman–Crippen LogP) is 3.85. The summed E-state index contributed by atoms with van der Waals surface area (Å²) in [6, 6.07) is 11.9. The number of hydrogen-bond donors (Lipinski definition) is 1. The van der Waals surface area contributed by atoms with Gasteiger partial charge in [0.1, 0.15) is 0 Å². The number of hydrazone groups is 1. The van der Waals surface area contributed by atoms with Gasteiger partial charge in [-0.25, -0.2) is 13.8 Å². The van der Waals surface area contributed by atoms with Crippen LogP contribution in [0.5, 0.6) is 0 Å². The molecule has 1 heterocycles. The number of hydrogen-bond acceptors (Lipinski definition) is 4.